The van der Waals surface area contributed by atoms with Gasteiger partial charge in [-0.25, -0.2) is 4.99 Å². The molecule has 0 unspecified atom stereocenters. The lowest BCUT2D eigenvalue weighted by Crippen LogP contribution is -2.50. The van der Waals surface area contributed by atoms with Crippen molar-refractivity contribution in [3.05, 3.63) is 12.7 Å². The average molecular weight is 338 g/mol. The molecule has 8 heteroatoms. The highest BCUT2D eigenvalue weighted by molar-refractivity contribution is 5.85. The Balaban J connectivity index is 2.49. The molecule has 0 radical (unpaired) electrons. The van der Waals surface area contributed by atoms with Gasteiger partial charge in [0, 0.05) is 46.8 Å². The van der Waals surface area contributed by atoms with Crippen molar-refractivity contribution in [3.8, 4) is 0 Å². The van der Waals surface area contributed by atoms with Gasteiger partial charge in [0.15, 0.2) is 5.96 Å². The SMILES string of the molecule is C=CCNC(=NCC(=O)N(C)C)NC1CCN(CC(=O)NC)CC1. The molecule has 0 atom stereocenters. The molecule has 0 aliphatic carbocycles. The zero-order valence-electron chi connectivity index (χ0n) is 15.0. The van der Waals surface area contributed by atoms with Crippen LogP contribution in [-0.4, -0.2) is 87.5 Å². The molecule has 1 aliphatic heterocycles. The van der Waals surface area contributed by atoms with Gasteiger partial charge in [0.1, 0.15) is 6.54 Å². The van der Waals surface area contributed by atoms with Gasteiger partial charge in [-0.1, -0.05) is 6.08 Å². The number of amides is 2. The molecule has 1 saturated heterocycles. The first-order valence-electron chi connectivity index (χ1n) is 8.25. The topological polar surface area (TPSA) is 89.1 Å². The number of hydrogen-bond acceptors (Lipinski definition) is 4. The number of hydrogen-bond donors (Lipinski definition) is 3. The summed E-state index contributed by atoms with van der Waals surface area (Å²) in [5.74, 6) is 0.614. The number of nitrogens with zero attached hydrogens (tertiary/aromatic N) is 3. The number of carbonyl (C=O) groups is 2. The third-order valence-electron chi connectivity index (χ3n) is 3.86. The van der Waals surface area contributed by atoms with Crippen molar-refractivity contribution in [2.75, 3.05) is 53.9 Å². The lowest BCUT2D eigenvalue weighted by molar-refractivity contribution is -0.127. The van der Waals surface area contributed by atoms with Gasteiger partial charge in [-0.15, -0.1) is 6.58 Å². The van der Waals surface area contributed by atoms with E-state index in [0.29, 0.717) is 19.0 Å². The molecule has 2 amide bonds. The number of carbonyl (C=O) groups excluding carboxylic acids is 2. The molecule has 1 aliphatic rings. The maximum Gasteiger partial charge on any atom is 0.243 e. The Kier molecular flexibility index (Phi) is 8.85. The highest BCUT2D eigenvalue weighted by Gasteiger charge is 2.21. The Hall–Kier alpha value is -2.09. The number of aliphatic imine (C=N–C) groups is 1. The van der Waals surface area contributed by atoms with E-state index < -0.39 is 0 Å². The molecule has 0 aromatic heterocycles. The summed E-state index contributed by atoms with van der Waals surface area (Å²) in [6.07, 6.45) is 3.59. The predicted molar refractivity (Wildman–Crippen MR) is 95.9 cm³/mol. The summed E-state index contributed by atoms with van der Waals surface area (Å²) in [6, 6.07) is 0.275. The van der Waals surface area contributed by atoms with Crippen molar-refractivity contribution in [1.82, 2.24) is 25.8 Å². The van der Waals surface area contributed by atoms with Crippen LogP contribution in [0.2, 0.25) is 0 Å². The fourth-order valence-corrected chi connectivity index (χ4v) is 2.32. The minimum absolute atomic E-state index is 0.0403. The third kappa shape index (κ3) is 7.45. The smallest absolute Gasteiger partial charge is 0.243 e. The molecule has 3 N–H and O–H groups in total. The first kappa shape index (κ1) is 20.0. The van der Waals surface area contributed by atoms with Gasteiger partial charge < -0.3 is 20.9 Å². The van der Waals surface area contributed by atoms with Gasteiger partial charge >= 0.3 is 0 Å². The van der Waals surface area contributed by atoms with Gasteiger partial charge in [-0.2, -0.15) is 0 Å². The Labute approximate surface area is 144 Å². The van der Waals surface area contributed by atoms with Crippen molar-refractivity contribution < 1.29 is 9.59 Å². The minimum atomic E-state index is -0.0462. The highest BCUT2D eigenvalue weighted by Crippen LogP contribution is 2.09. The van der Waals surface area contributed by atoms with Gasteiger partial charge in [0.2, 0.25) is 11.8 Å². The second-order valence-electron chi connectivity index (χ2n) is 5.99. The molecule has 24 heavy (non-hydrogen) atoms. The largest absolute Gasteiger partial charge is 0.358 e. The van der Waals surface area contributed by atoms with Crippen molar-refractivity contribution >= 4 is 17.8 Å². The molecule has 0 aromatic rings. The molecule has 0 aromatic carbocycles. The summed E-state index contributed by atoms with van der Waals surface area (Å²) >= 11 is 0. The third-order valence-corrected chi connectivity index (χ3v) is 3.86. The van der Waals surface area contributed by atoms with Gasteiger partial charge in [-0.3, -0.25) is 14.5 Å². The summed E-state index contributed by atoms with van der Waals surface area (Å²) in [6.45, 7) is 6.53. The molecule has 0 bridgehead atoms. The molecule has 1 fully saturated rings. The van der Waals surface area contributed by atoms with Crippen LogP contribution in [0.3, 0.4) is 0 Å². The maximum absolute atomic E-state index is 11.7. The summed E-state index contributed by atoms with van der Waals surface area (Å²) in [5.41, 5.74) is 0. The number of piperidine rings is 1. The second kappa shape index (κ2) is 10.6. The zero-order chi connectivity index (χ0) is 17.9. The maximum atomic E-state index is 11.7. The number of rotatable bonds is 7. The first-order valence-corrected chi connectivity index (χ1v) is 8.25. The molecule has 0 saturated carbocycles. The Bertz CT molecular complexity index is 455. The molecule has 1 heterocycles. The number of likely N-dealkylation sites (N-methyl/N-ethyl adjacent to an activating group) is 2. The van der Waals surface area contributed by atoms with E-state index in [1.54, 1.807) is 27.2 Å². The molecule has 8 nitrogen and oxygen atoms in total. The predicted octanol–water partition coefficient (Wildman–Crippen LogP) is -0.994. The van der Waals surface area contributed by atoms with Crippen LogP contribution in [0.1, 0.15) is 12.8 Å². The molecule has 1 rings (SSSR count). The molecular formula is C16H30N6O2. The molecule has 136 valence electrons. The quantitative estimate of drug-likeness (QED) is 0.315. The lowest BCUT2D eigenvalue weighted by atomic mass is 10.1. The van der Waals surface area contributed by atoms with Crippen molar-refractivity contribution in [1.29, 1.82) is 0 Å². The highest BCUT2D eigenvalue weighted by atomic mass is 16.2. The van der Waals surface area contributed by atoms with Crippen LogP contribution >= 0.6 is 0 Å². The van der Waals surface area contributed by atoms with Crippen LogP contribution in [0, 0.1) is 0 Å². The van der Waals surface area contributed by atoms with Crippen LogP contribution in [0.5, 0.6) is 0 Å². The monoisotopic (exact) mass is 338 g/mol. The van der Waals surface area contributed by atoms with Gasteiger partial charge in [0.25, 0.3) is 0 Å². The summed E-state index contributed by atoms with van der Waals surface area (Å²) < 4.78 is 0. The first-order chi connectivity index (χ1) is 11.5. The van der Waals surface area contributed by atoms with E-state index in [0.717, 1.165) is 25.9 Å². The number of nitrogens with one attached hydrogen (secondary N) is 3. The van der Waals surface area contributed by atoms with Crippen molar-refractivity contribution in [2.24, 2.45) is 4.99 Å². The number of guanidine groups is 1. The normalized spacial score (nSPS) is 16.4. The van der Waals surface area contributed by atoms with Crippen LogP contribution < -0.4 is 16.0 Å². The van der Waals surface area contributed by atoms with Crippen molar-refractivity contribution in [3.63, 3.8) is 0 Å². The summed E-state index contributed by atoms with van der Waals surface area (Å²) in [5, 5.41) is 9.15. The van der Waals surface area contributed by atoms with Crippen LogP contribution in [0.15, 0.2) is 17.6 Å². The molecule has 0 spiro atoms. The fraction of sp³-hybridized carbons (Fsp3) is 0.688. The van der Waals surface area contributed by atoms with Crippen LogP contribution in [0.25, 0.3) is 0 Å². The van der Waals surface area contributed by atoms with E-state index in [4.69, 9.17) is 0 Å². The minimum Gasteiger partial charge on any atom is -0.358 e. The van der Waals surface area contributed by atoms with E-state index in [1.165, 1.54) is 4.90 Å². The second-order valence-corrected chi connectivity index (χ2v) is 5.99. The van der Waals surface area contributed by atoms with E-state index in [-0.39, 0.29) is 24.4 Å². The van der Waals surface area contributed by atoms with E-state index in [2.05, 4.69) is 32.4 Å². The van der Waals surface area contributed by atoms with Crippen LogP contribution in [0.4, 0.5) is 0 Å². The van der Waals surface area contributed by atoms with Gasteiger partial charge in [0.05, 0.1) is 6.54 Å². The fourth-order valence-electron chi connectivity index (χ4n) is 2.32. The summed E-state index contributed by atoms with van der Waals surface area (Å²) in [4.78, 5) is 31.1. The van der Waals surface area contributed by atoms with Gasteiger partial charge in [-0.05, 0) is 12.8 Å². The average Bonchev–Trinajstić information content (AvgIpc) is 2.58. The summed E-state index contributed by atoms with van der Waals surface area (Å²) in [7, 11) is 5.08. The van der Waals surface area contributed by atoms with Crippen molar-refractivity contribution in [2.45, 2.75) is 18.9 Å². The van der Waals surface area contributed by atoms with Crippen LogP contribution in [-0.2, 0) is 9.59 Å². The van der Waals surface area contributed by atoms with E-state index >= 15 is 0 Å². The molecular weight excluding hydrogens is 308 g/mol. The Morgan fingerprint density at radius 1 is 1.33 bits per heavy atom. The lowest BCUT2D eigenvalue weighted by Gasteiger charge is -2.32. The Morgan fingerprint density at radius 2 is 2.00 bits per heavy atom. The van der Waals surface area contributed by atoms with E-state index in [9.17, 15) is 9.59 Å². The Morgan fingerprint density at radius 3 is 2.54 bits per heavy atom. The number of likely N-dealkylation sites (tertiary alicyclic amines) is 1. The standard InChI is InChI=1S/C16H30N6O2/c1-5-8-18-16(19-11-15(24)21(3)4)20-13-6-9-22(10-7-13)12-14(23)17-2/h5,13H,1,6-12H2,2-4H3,(H,17,23)(H2,18,19,20). The van der Waals surface area contributed by atoms with E-state index in [1.807, 2.05) is 0 Å². The zero-order valence-corrected chi connectivity index (χ0v) is 15.0.